The van der Waals surface area contributed by atoms with Crippen LogP contribution in [0.2, 0.25) is 0 Å². The fraction of sp³-hybridized carbons (Fsp3) is 0.0417. The zero-order valence-electron chi connectivity index (χ0n) is 17.6. The average molecular weight is 437 g/mol. The minimum Gasteiger partial charge on any atom is -0.345 e. The van der Waals surface area contributed by atoms with Crippen molar-refractivity contribution in [3.05, 3.63) is 95.7 Å². The van der Waals surface area contributed by atoms with Crippen LogP contribution in [0, 0.1) is 0 Å². The van der Waals surface area contributed by atoms with E-state index in [1.807, 2.05) is 18.2 Å². The molecule has 0 unspecified atom stereocenters. The smallest absolute Gasteiger partial charge is 0.291 e. The molecule has 0 aliphatic rings. The van der Waals surface area contributed by atoms with Gasteiger partial charge in [0.1, 0.15) is 5.82 Å². The number of rotatable bonds is 6. The standard InChI is InChI=1S/C24H19N7O2/c1-31-12-11-27-23(31)24(33)28-17-4-2-3-15(13-17)22(32)16-5-6-18-19(29-30-20(18)14-16)7-8-21-25-9-10-26-21/h2-14H,1H3,(H,25,26)(H,28,33)(H,29,30). The first-order chi connectivity index (χ1) is 16.1. The van der Waals surface area contributed by atoms with E-state index >= 15 is 0 Å². The third kappa shape index (κ3) is 4.07. The normalized spacial score (nSPS) is 11.3. The number of hydrogen-bond donors (Lipinski definition) is 3. The topological polar surface area (TPSA) is 121 Å². The van der Waals surface area contributed by atoms with Crippen molar-refractivity contribution in [2.75, 3.05) is 5.32 Å². The van der Waals surface area contributed by atoms with E-state index in [-0.39, 0.29) is 17.5 Å². The van der Waals surface area contributed by atoms with Crippen LogP contribution >= 0.6 is 0 Å². The van der Waals surface area contributed by atoms with E-state index < -0.39 is 0 Å². The fourth-order valence-corrected chi connectivity index (χ4v) is 3.51. The van der Waals surface area contributed by atoms with Crippen LogP contribution in [0.15, 0.2) is 67.3 Å². The number of anilines is 1. The highest BCUT2D eigenvalue weighted by Gasteiger charge is 2.15. The van der Waals surface area contributed by atoms with Crippen LogP contribution in [0.3, 0.4) is 0 Å². The van der Waals surface area contributed by atoms with E-state index in [0.29, 0.717) is 16.8 Å². The molecular formula is C24H19N7O2. The molecule has 3 aromatic heterocycles. The summed E-state index contributed by atoms with van der Waals surface area (Å²) in [6.45, 7) is 0. The number of carbonyl (C=O) groups is 2. The fourth-order valence-electron chi connectivity index (χ4n) is 3.51. The molecule has 9 nitrogen and oxygen atoms in total. The summed E-state index contributed by atoms with van der Waals surface area (Å²) in [6.07, 6.45) is 10.4. The highest BCUT2D eigenvalue weighted by atomic mass is 16.2. The van der Waals surface area contributed by atoms with Crippen molar-refractivity contribution >= 4 is 40.4 Å². The maximum absolute atomic E-state index is 13.1. The molecule has 0 aliphatic heterocycles. The monoisotopic (exact) mass is 437 g/mol. The van der Waals surface area contributed by atoms with Gasteiger partial charge in [0.15, 0.2) is 11.6 Å². The summed E-state index contributed by atoms with van der Waals surface area (Å²) >= 11 is 0. The van der Waals surface area contributed by atoms with E-state index in [2.05, 4.69) is 30.5 Å². The van der Waals surface area contributed by atoms with Gasteiger partial charge in [-0.1, -0.05) is 18.2 Å². The summed E-state index contributed by atoms with van der Waals surface area (Å²) in [5.41, 5.74) is 2.99. The van der Waals surface area contributed by atoms with Crippen molar-refractivity contribution in [1.82, 2.24) is 29.7 Å². The number of aryl methyl sites for hydroxylation is 1. The summed E-state index contributed by atoms with van der Waals surface area (Å²) < 4.78 is 1.63. The van der Waals surface area contributed by atoms with Crippen molar-refractivity contribution < 1.29 is 9.59 Å². The maximum Gasteiger partial charge on any atom is 0.291 e. The van der Waals surface area contributed by atoms with Gasteiger partial charge >= 0.3 is 0 Å². The number of ketones is 1. The minimum absolute atomic E-state index is 0.160. The number of aromatic nitrogens is 6. The lowest BCUT2D eigenvalue weighted by atomic mass is 10.0. The zero-order valence-corrected chi connectivity index (χ0v) is 17.6. The van der Waals surface area contributed by atoms with Gasteiger partial charge in [-0.15, -0.1) is 0 Å². The van der Waals surface area contributed by atoms with Crippen LogP contribution in [-0.2, 0) is 7.05 Å². The molecule has 0 saturated heterocycles. The Morgan fingerprint density at radius 2 is 1.91 bits per heavy atom. The van der Waals surface area contributed by atoms with Crippen molar-refractivity contribution in [3.63, 3.8) is 0 Å². The van der Waals surface area contributed by atoms with E-state index in [0.717, 1.165) is 22.4 Å². The lowest BCUT2D eigenvalue weighted by Gasteiger charge is -2.07. The highest BCUT2D eigenvalue weighted by molar-refractivity contribution is 6.11. The SMILES string of the molecule is Cn1ccnc1C(=O)Nc1cccc(C(=O)c2ccc3c(C=Cc4ncc[nH]4)n[nH]c3c2)c1. The number of H-pyrrole nitrogens is 2. The summed E-state index contributed by atoms with van der Waals surface area (Å²) in [4.78, 5) is 36.7. The largest absolute Gasteiger partial charge is 0.345 e. The summed E-state index contributed by atoms with van der Waals surface area (Å²) in [7, 11) is 1.74. The van der Waals surface area contributed by atoms with E-state index in [9.17, 15) is 9.59 Å². The highest BCUT2D eigenvalue weighted by Crippen LogP contribution is 2.22. The van der Waals surface area contributed by atoms with Gasteiger partial charge in [0.05, 0.1) is 11.2 Å². The molecule has 0 bridgehead atoms. The third-order valence-electron chi connectivity index (χ3n) is 5.18. The molecule has 2 aromatic carbocycles. The van der Waals surface area contributed by atoms with Crippen LogP contribution in [0.4, 0.5) is 5.69 Å². The Hall–Kier alpha value is -4.79. The molecule has 0 saturated carbocycles. The molecule has 162 valence electrons. The molecule has 3 N–H and O–H groups in total. The Balaban J connectivity index is 1.37. The number of carbonyl (C=O) groups excluding carboxylic acids is 2. The zero-order chi connectivity index (χ0) is 22.8. The molecule has 3 heterocycles. The van der Waals surface area contributed by atoms with Gasteiger partial charge in [0, 0.05) is 54.0 Å². The molecule has 0 aliphatic carbocycles. The number of benzene rings is 2. The van der Waals surface area contributed by atoms with Gasteiger partial charge in [-0.25, -0.2) is 9.97 Å². The van der Waals surface area contributed by atoms with E-state index in [4.69, 9.17) is 0 Å². The van der Waals surface area contributed by atoms with Crippen molar-refractivity contribution in [3.8, 4) is 0 Å². The minimum atomic E-state index is -0.346. The summed E-state index contributed by atoms with van der Waals surface area (Å²) in [5.74, 6) is 0.509. The number of nitrogens with one attached hydrogen (secondary N) is 3. The Morgan fingerprint density at radius 1 is 1.03 bits per heavy atom. The van der Waals surface area contributed by atoms with Crippen LogP contribution in [-0.4, -0.2) is 41.4 Å². The van der Waals surface area contributed by atoms with Crippen molar-refractivity contribution in [2.45, 2.75) is 0 Å². The second-order valence-corrected chi connectivity index (χ2v) is 7.40. The quantitative estimate of drug-likeness (QED) is 0.350. The van der Waals surface area contributed by atoms with Crippen LogP contribution in [0.25, 0.3) is 23.1 Å². The van der Waals surface area contributed by atoms with Gasteiger partial charge in [0.25, 0.3) is 5.91 Å². The number of aromatic amines is 2. The number of nitrogens with zero attached hydrogens (tertiary/aromatic N) is 4. The van der Waals surface area contributed by atoms with Gasteiger partial charge in [0.2, 0.25) is 0 Å². The molecule has 0 spiro atoms. The first-order valence-corrected chi connectivity index (χ1v) is 10.2. The van der Waals surface area contributed by atoms with Crippen LogP contribution in [0.1, 0.15) is 38.1 Å². The molecule has 9 heteroatoms. The van der Waals surface area contributed by atoms with Crippen LogP contribution in [0.5, 0.6) is 0 Å². The Kier molecular flexibility index (Phi) is 5.12. The Bertz CT molecular complexity index is 1490. The Labute approximate surface area is 188 Å². The second-order valence-electron chi connectivity index (χ2n) is 7.40. The van der Waals surface area contributed by atoms with Crippen molar-refractivity contribution in [1.29, 1.82) is 0 Å². The lowest BCUT2D eigenvalue weighted by Crippen LogP contribution is -2.17. The van der Waals surface area contributed by atoms with Crippen LogP contribution < -0.4 is 5.32 Å². The van der Waals surface area contributed by atoms with Crippen molar-refractivity contribution in [2.24, 2.45) is 7.05 Å². The second kappa shape index (κ2) is 8.39. The Morgan fingerprint density at radius 3 is 2.70 bits per heavy atom. The third-order valence-corrected chi connectivity index (χ3v) is 5.18. The van der Waals surface area contributed by atoms with Gasteiger partial charge in [-0.3, -0.25) is 14.7 Å². The molecule has 5 aromatic rings. The van der Waals surface area contributed by atoms with Gasteiger partial charge < -0.3 is 14.9 Å². The maximum atomic E-state index is 13.1. The average Bonchev–Trinajstić information content (AvgIpc) is 3.58. The molecular weight excluding hydrogens is 418 g/mol. The number of hydrogen-bond acceptors (Lipinski definition) is 5. The number of amides is 1. The number of fused-ring (bicyclic) bond motifs is 1. The van der Waals surface area contributed by atoms with Gasteiger partial charge in [-0.05, 0) is 36.4 Å². The first kappa shape index (κ1) is 20.1. The molecule has 0 atom stereocenters. The molecule has 0 radical (unpaired) electrons. The van der Waals surface area contributed by atoms with Gasteiger partial charge in [-0.2, -0.15) is 5.10 Å². The predicted octanol–water partition coefficient (Wildman–Crippen LogP) is 3.67. The van der Waals surface area contributed by atoms with E-state index in [1.165, 1.54) is 0 Å². The summed E-state index contributed by atoms with van der Waals surface area (Å²) in [6, 6.07) is 12.2. The first-order valence-electron chi connectivity index (χ1n) is 10.2. The molecule has 0 fully saturated rings. The van der Waals surface area contributed by atoms with E-state index in [1.54, 1.807) is 72.8 Å². The molecule has 5 rings (SSSR count). The lowest BCUT2D eigenvalue weighted by molar-refractivity contribution is 0.101. The summed E-state index contributed by atoms with van der Waals surface area (Å²) in [5, 5.41) is 11.0. The number of imidazole rings is 2. The molecule has 1 amide bonds. The predicted molar refractivity (Wildman–Crippen MR) is 125 cm³/mol. The molecule has 33 heavy (non-hydrogen) atoms.